The molecule has 2 heterocycles. The number of hydrogen-bond acceptors (Lipinski definition) is 8. The Morgan fingerprint density at radius 3 is 2.65 bits per heavy atom. The Hall–Kier alpha value is -2.30. The van der Waals surface area contributed by atoms with Crippen molar-refractivity contribution in [2.24, 2.45) is 5.73 Å². The fraction of sp³-hybridized carbons (Fsp3) is 0.333. The number of ether oxygens (including phenoxy) is 2. The fourth-order valence-electron chi connectivity index (χ4n) is 2.56. The van der Waals surface area contributed by atoms with Crippen LogP contribution in [0.4, 0.5) is 5.69 Å². The second-order valence-corrected chi connectivity index (χ2v) is 6.52. The predicted molar refractivity (Wildman–Crippen MR) is 95.2 cm³/mol. The van der Waals surface area contributed by atoms with Crippen molar-refractivity contribution in [1.82, 2.24) is 4.90 Å². The molecule has 1 saturated heterocycles. The smallest absolute Gasteiger partial charge is 0.358 e. The number of methoxy groups -OCH3 is 1. The Bertz CT molecular complexity index is 769. The third-order valence-corrected chi connectivity index (χ3v) is 5.21. The van der Waals surface area contributed by atoms with Gasteiger partial charge in [0, 0.05) is 12.1 Å². The summed E-state index contributed by atoms with van der Waals surface area (Å²) in [5.41, 5.74) is 6.36. The molecule has 3 rings (SSSR count). The number of amides is 1. The van der Waals surface area contributed by atoms with Crippen molar-refractivity contribution >= 4 is 41.7 Å². The molecule has 2 N–H and O–H groups in total. The van der Waals surface area contributed by atoms with E-state index in [0.29, 0.717) is 17.1 Å². The number of benzene rings is 1. The van der Waals surface area contributed by atoms with Gasteiger partial charge >= 0.3 is 5.97 Å². The number of nitrogens with zero attached hydrogens (tertiary/aromatic N) is 2. The van der Waals surface area contributed by atoms with E-state index in [4.69, 9.17) is 15.2 Å². The van der Waals surface area contributed by atoms with Gasteiger partial charge in [-0.1, -0.05) is 0 Å². The minimum absolute atomic E-state index is 0. The summed E-state index contributed by atoms with van der Waals surface area (Å²) in [7, 11) is 1.42. The molecule has 0 aliphatic carbocycles. The maximum atomic E-state index is 12.4. The van der Waals surface area contributed by atoms with Crippen molar-refractivity contribution in [3.05, 3.63) is 51.4 Å². The molecule has 1 amide bonds. The summed E-state index contributed by atoms with van der Waals surface area (Å²) in [5, 5.41) is 10.3. The van der Waals surface area contributed by atoms with E-state index in [1.54, 1.807) is 0 Å². The van der Waals surface area contributed by atoms with E-state index < -0.39 is 16.9 Å². The van der Waals surface area contributed by atoms with E-state index in [1.165, 1.54) is 48.0 Å². The van der Waals surface area contributed by atoms with Gasteiger partial charge in [0.05, 0.1) is 17.8 Å². The number of rotatable bonds is 5. The number of hydrogen-bond donors (Lipinski definition) is 1. The van der Waals surface area contributed by atoms with Crippen LogP contribution >= 0.6 is 24.2 Å². The van der Waals surface area contributed by atoms with E-state index in [-0.39, 0.29) is 41.7 Å². The molecule has 0 saturated carbocycles. The van der Waals surface area contributed by atoms with Crippen LogP contribution < -0.4 is 5.73 Å². The molecule has 1 aromatic rings. The molecule has 2 atom stereocenters. The molecule has 140 valence electrons. The third kappa shape index (κ3) is 3.48. The zero-order chi connectivity index (χ0) is 18.1. The molecule has 9 nitrogen and oxygen atoms in total. The number of fused-ring (bicyclic) bond motifs is 1. The lowest BCUT2D eigenvalue weighted by Crippen LogP contribution is -2.68. The molecule has 2 aliphatic heterocycles. The lowest BCUT2D eigenvalue weighted by atomic mass is 10.1. The molecular formula is C15H16ClN3O6S. The maximum Gasteiger partial charge on any atom is 0.358 e. The highest BCUT2D eigenvalue weighted by Crippen LogP contribution is 2.39. The van der Waals surface area contributed by atoms with Gasteiger partial charge in [-0.3, -0.25) is 19.8 Å². The molecule has 0 aromatic heterocycles. The lowest BCUT2D eigenvalue weighted by molar-refractivity contribution is -0.384. The van der Waals surface area contributed by atoms with Gasteiger partial charge in [0.1, 0.15) is 23.8 Å². The van der Waals surface area contributed by atoms with Gasteiger partial charge in [-0.05, 0) is 17.7 Å². The second-order valence-electron chi connectivity index (χ2n) is 5.41. The number of nitro groups is 1. The van der Waals surface area contributed by atoms with Crippen molar-refractivity contribution in [1.29, 1.82) is 0 Å². The molecule has 2 unspecified atom stereocenters. The van der Waals surface area contributed by atoms with Crippen molar-refractivity contribution < 1.29 is 24.0 Å². The van der Waals surface area contributed by atoms with E-state index in [2.05, 4.69) is 0 Å². The van der Waals surface area contributed by atoms with Crippen molar-refractivity contribution in [2.75, 3.05) is 12.9 Å². The van der Waals surface area contributed by atoms with E-state index in [0.717, 1.165) is 0 Å². The van der Waals surface area contributed by atoms with Crippen LogP contribution in [0, 0.1) is 10.1 Å². The molecule has 1 fully saturated rings. The summed E-state index contributed by atoms with van der Waals surface area (Å²) < 4.78 is 10.4. The van der Waals surface area contributed by atoms with Crippen LogP contribution in [-0.4, -0.2) is 46.0 Å². The number of carbonyl (C=O) groups excluding carboxylic acids is 2. The summed E-state index contributed by atoms with van der Waals surface area (Å²) >= 11 is 1.42. The number of nitro benzene ring substituents is 1. The first-order valence-corrected chi connectivity index (χ1v) is 8.36. The fourth-order valence-corrected chi connectivity index (χ4v) is 3.82. The molecular weight excluding hydrogens is 386 g/mol. The summed E-state index contributed by atoms with van der Waals surface area (Å²) in [5.74, 6) is -0.273. The molecule has 2 aliphatic rings. The van der Waals surface area contributed by atoms with Crippen LogP contribution in [-0.2, 0) is 25.7 Å². The Morgan fingerprint density at radius 1 is 1.42 bits per heavy atom. The van der Waals surface area contributed by atoms with Gasteiger partial charge in [-0.15, -0.1) is 24.2 Å². The van der Waals surface area contributed by atoms with Gasteiger partial charge in [0.25, 0.3) is 5.69 Å². The Kier molecular flexibility index (Phi) is 6.11. The quantitative estimate of drug-likeness (QED) is 0.337. The molecule has 1 aromatic carbocycles. The Labute approximate surface area is 159 Å². The standard InChI is InChI=1S/C15H15N3O6S.ClH/c1-23-10-7-25-14-11(16)13(19)17(14)12(10)15(20)24-6-8-2-4-9(5-3-8)18(21)22;/h2-5,11,14H,6-7,16H2,1H3;1H. The maximum absolute atomic E-state index is 12.4. The number of nitrogens with two attached hydrogens (primary N) is 1. The van der Waals surface area contributed by atoms with Gasteiger partial charge in [0.15, 0.2) is 5.70 Å². The van der Waals surface area contributed by atoms with E-state index in [1.807, 2.05) is 0 Å². The number of halogens is 1. The highest BCUT2D eigenvalue weighted by atomic mass is 35.5. The topological polar surface area (TPSA) is 125 Å². The van der Waals surface area contributed by atoms with Crippen LogP contribution in [0.2, 0.25) is 0 Å². The van der Waals surface area contributed by atoms with Gasteiger partial charge in [-0.2, -0.15) is 0 Å². The zero-order valence-electron chi connectivity index (χ0n) is 13.6. The first-order valence-electron chi connectivity index (χ1n) is 7.32. The van der Waals surface area contributed by atoms with Crippen LogP contribution in [0.1, 0.15) is 5.56 Å². The summed E-state index contributed by atoms with van der Waals surface area (Å²) in [4.78, 5) is 35.8. The summed E-state index contributed by atoms with van der Waals surface area (Å²) in [6, 6.07) is 5.02. The molecule has 0 radical (unpaired) electrons. The zero-order valence-corrected chi connectivity index (χ0v) is 15.2. The monoisotopic (exact) mass is 401 g/mol. The predicted octanol–water partition coefficient (Wildman–Crippen LogP) is 1.16. The Balaban J connectivity index is 0.00000243. The number of thioether (sulfide) groups is 1. The highest BCUT2D eigenvalue weighted by molar-refractivity contribution is 8.00. The Morgan fingerprint density at radius 2 is 2.08 bits per heavy atom. The average Bonchev–Trinajstić information content (AvgIpc) is 2.64. The number of esters is 1. The second kappa shape index (κ2) is 7.94. The normalized spacial score (nSPS) is 21.3. The SMILES string of the molecule is COC1=C(C(=O)OCc2ccc([N+](=O)[O-])cc2)N2C(=O)C(N)C2SC1.Cl. The summed E-state index contributed by atoms with van der Waals surface area (Å²) in [6.45, 7) is -0.0801. The van der Waals surface area contributed by atoms with E-state index in [9.17, 15) is 19.7 Å². The highest BCUT2D eigenvalue weighted by Gasteiger charge is 2.52. The van der Waals surface area contributed by atoms with Gasteiger partial charge in [0.2, 0.25) is 5.91 Å². The largest absolute Gasteiger partial charge is 0.498 e. The lowest BCUT2D eigenvalue weighted by Gasteiger charge is -2.47. The average molecular weight is 402 g/mol. The minimum atomic E-state index is -0.694. The van der Waals surface area contributed by atoms with Crippen molar-refractivity contribution in [2.45, 2.75) is 18.0 Å². The van der Waals surface area contributed by atoms with Crippen LogP contribution in [0.3, 0.4) is 0 Å². The molecule has 0 bridgehead atoms. The number of carbonyl (C=O) groups is 2. The molecule has 11 heteroatoms. The first-order chi connectivity index (χ1) is 11.9. The number of β-lactam (4-membered cyclic amide) rings is 1. The van der Waals surface area contributed by atoms with Crippen LogP contribution in [0.25, 0.3) is 0 Å². The van der Waals surface area contributed by atoms with Gasteiger partial charge in [-0.25, -0.2) is 4.79 Å². The number of non-ortho nitro benzene ring substituents is 1. The molecule has 26 heavy (non-hydrogen) atoms. The first kappa shape index (κ1) is 20.0. The van der Waals surface area contributed by atoms with Gasteiger partial charge < -0.3 is 15.2 Å². The van der Waals surface area contributed by atoms with Crippen molar-refractivity contribution in [3.8, 4) is 0 Å². The van der Waals surface area contributed by atoms with Crippen molar-refractivity contribution in [3.63, 3.8) is 0 Å². The van der Waals surface area contributed by atoms with Crippen LogP contribution in [0.5, 0.6) is 0 Å². The third-order valence-electron chi connectivity index (χ3n) is 3.93. The minimum Gasteiger partial charge on any atom is -0.498 e. The van der Waals surface area contributed by atoms with E-state index >= 15 is 0 Å². The summed E-state index contributed by atoms with van der Waals surface area (Å²) in [6.07, 6.45) is 0. The molecule has 0 spiro atoms. The van der Waals surface area contributed by atoms with Crippen LogP contribution in [0.15, 0.2) is 35.7 Å².